The molecule has 2 aliphatic rings. The molecule has 0 aliphatic carbocycles. The molecule has 2 aliphatic heterocycles. The van der Waals surface area contributed by atoms with Crippen molar-refractivity contribution in [3.05, 3.63) is 0 Å². The second kappa shape index (κ2) is 8.51. The van der Waals surface area contributed by atoms with E-state index in [2.05, 4.69) is 9.47 Å². The van der Waals surface area contributed by atoms with Crippen LogP contribution in [-0.2, 0) is 19.1 Å². The first-order chi connectivity index (χ1) is 7.52. The molecule has 2 N–H and O–H groups in total. The maximum Gasteiger partial charge on any atom is 0.503 e. The number of hydrogen-bond acceptors (Lipinski definition) is 5. The van der Waals surface area contributed by atoms with E-state index in [9.17, 15) is 9.59 Å². The van der Waals surface area contributed by atoms with Gasteiger partial charge in [0.1, 0.15) is 0 Å². The van der Waals surface area contributed by atoms with Gasteiger partial charge in [-0.15, -0.1) is 0 Å². The third-order valence-corrected chi connectivity index (χ3v) is 1.58. The first-order valence-corrected chi connectivity index (χ1v) is 4.75. The predicted molar refractivity (Wildman–Crippen MR) is 51.0 cm³/mol. The number of carbonyl (C=O) groups excluding carboxylic acids is 2. The minimum atomic E-state index is -1.83. The van der Waals surface area contributed by atoms with Gasteiger partial charge in [0.05, 0.1) is 13.2 Å². The van der Waals surface area contributed by atoms with Gasteiger partial charge in [-0.3, -0.25) is 9.59 Å². The van der Waals surface area contributed by atoms with Gasteiger partial charge in [0.2, 0.25) is 0 Å². The highest BCUT2D eigenvalue weighted by Gasteiger charge is 2.08. The Kier molecular flexibility index (Phi) is 7.56. The summed E-state index contributed by atoms with van der Waals surface area (Å²) in [7, 11) is 0. The second-order valence-corrected chi connectivity index (χ2v) is 2.93. The van der Waals surface area contributed by atoms with Gasteiger partial charge in [0.25, 0.3) is 0 Å². The van der Waals surface area contributed by atoms with E-state index in [1.165, 1.54) is 0 Å². The molecule has 2 fully saturated rings. The fourth-order valence-corrected chi connectivity index (χ4v) is 0.949. The van der Waals surface area contributed by atoms with Crippen LogP contribution in [0.15, 0.2) is 0 Å². The highest BCUT2D eigenvalue weighted by molar-refractivity contribution is 5.71. The van der Waals surface area contributed by atoms with E-state index in [-0.39, 0.29) is 11.9 Å². The van der Waals surface area contributed by atoms with Gasteiger partial charge in [0, 0.05) is 12.8 Å². The van der Waals surface area contributed by atoms with E-state index in [4.69, 9.17) is 15.0 Å². The third-order valence-electron chi connectivity index (χ3n) is 1.58. The quantitative estimate of drug-likeness (QED) is 0.598. The second-order valence-electron chi connectivity index (χ2n) is 2.93. The normalized spacial score (nSPS) is 17.2. The van der Waals surface area contributed by atoms with Crippen molar-refractivity contribution in [1.82, 2.24) is 0 Å². The average molecular weight is 234 g/mol. The maximum atomic E-state index is 10.0. The molecule has 0 bridgehead atoms. The summed E-state index contributed by atoms with van der Waals surface area (Å²) >= 11 is 0. The fraction of sp³-hybridized carbons (Fsp3) is 0.667. The molecule has 0 aromatic carbocycles. The molecule has 2 rings (SSSR count). The number of carbonyl (C=O) groups is 3. The molecule has 2 saturated heterocycles. The van der Waals surface area contributed by atoms with Crippen molar-refractivity contribution in [2.45, 2.75) is 25.7 Å². The number of esters is 2. The van der Waals surface area contributed by atoms with Gasteiger partial charge < -0.3 is 19.7 Å². The Labute approximate surface area is 92.0 Å². The van der Waals surface area contributed by atoms with E-state index >= 15 is 0 Å². The Bertz CT molecular complexity index is 208. The average Bonchev–Trinajstić information content (AvgIpc) is 2.78. The number of carboxylic acid groups (broad SMARTS) is 2. The lowest BCUT2D eigenvalue weighted by Crippen LogP contribution is -1.88. The first kappa shape index (κ1) is 14.2. The number of cyclic esters (lactones) is 2. The molecule has 0 atom stereocenters. The zero-order valence-electron chi connectivity index (χ0n) is 8.68. The van der Waals surface area contributed by atoms with E-state index in [0.29, 0.717) is 26.1 Å². The summed E-state index contributed by atoms with van der Waals surface area (Å²) in [5.41, 5.74) is 0. The molecule has 2 heterocycles. The lowest BCUT2D eigenvalue weighted by Gasteiger charge is -1.81. The van der Waals surface area contributed by atoms with E-state index in [0.717, 1.165) is 12.8 Å². The van der Waals surface area contributed by atoms with Crippen molar-refractivity contribution in [2.75, 3.05) is 13.2 Å². The molecule has 0 unspecified atom stereocenters. The van der Waals surface area contributed by atoms with Crippen molar-refractivity contribution in [2.24, 2.45) is 0 Å². The van der Waals surface area contributed by atoms with Crippen LogP contribution in [-0.4, -0.2) is 41.5 Å². The Morgan fingerprint density at radius 1 is 0.938 bits per heavy atom. The summed E-state index contributed by atoms with van der Waals surface area (Å²) in [5, 5.41) is 13.9. The molecule has 0 saturated carbocycles. The Balaban J connectivity index is 0.000000217. The molecule has 0 radical (unpaired) electrons. The summed E-state index contributed by atoms with van der Waals surface area (Å²) in [4.78, 5) is 28.6. The summed E-state index contributed by atoms with van der Waals surface area (Å²) in [6.45, 7) is 1.28. The van der Waals surface area contributed by atoms with Crippen LogP contribution in [0.2, 0.25) is 0 Å². The molecule has 0 aromatic heterocycles. The monoisotopic (exact) mass is 234 g/mol. The molecule has 0 amide bonds. The van der Waals surface area contributed by atoms with Gasteiger partial charge in [-0.2, -0.15) is 0 Å². The molecular weight excluding hydrogens is 220 g/mol. The molecule has 16 heavy (non-hydrogen) atoms. The lowest BCUT2D eigenvalue weighted by molar-refractivity contribution is -0.138. The smallest absolute Gasteiger partial charge is 0.466 e. The van der Waals surface area contributed by atoms with Crippen molar-refractivity contribution in [3.8, 4) is 0 Å². The van der Waals surface area contributed by atoms with Crippen LogP contribution in [0.3, 0.4) is 0 Å². The molecular formula is C9H14O7. The molecule has 7 nitrogen and oxygen atoms in total. The van der Waals surface area contributed by atoms with E-state index < -0.39 is 6.16 Å². The molecule has 7 heteroatoms. The van der Waals surface area contributed by atoms with Crippen LogP contribution in [0, 0.1) is 0 Å². The van der Waals surface area contributed by atoms with Crippen molar-refractivity contribution < 1.29 is 34.1 Å². The van der Waals surface area contributed by atoms with Gasteiger partial charge >= 0.3 is 18.1 Å². The molecule has 0 spiro atoms. The number of hydrogen-bond donors (Lipinski definition) is 2. The van der Waals surface area contributed by atoms with Crippen molar-refractivity contribution in [1.29, 1.82) is 0 Å². The molecule has 92 valence electrons. The number of ether oxygens (including phenoxy) is 2. The number of rotatable bonds is 0. The predicted octanol–water partition coefficient (Wildman–Crippen LogP) is 0.869. The van der Waals surface area contributed by atoms with Crippen LogP contribution in [0.5, 0.6) is 0 Å². The highest BCUT2D eigenvalue weighted by Crippen LogP contribution is 2.01. The van der Waals surface area contributed by atoms with Crippen molar-refractivity contribution in [3.63, 3.8) is 0 Å². The first-order valence-electron chi connectivity index (χ1n) is 4.75. The standard InChI is InChI=1S/2C4H6O2.CH2O3/c2*5-4-2-1-3-6-4;2-1(3)4/h2*1-3H2;(H2,2,3,4). The maximum absolute atomic E-state index is 10.0. The topological polar surface area (TPSA) is 110 Å². The van der Waals surface area contributed by atoms with Gasteiger partial charge in [-0.1, -0.05) is 0 Å². The highest BCUT2D eigenvalue weighted by atomic mass is 16.6. The largest absolute Gasteiger partial charge is 0.503 e. The van der Waals surface area contributed by atoms with Gasteiger partial charge in [0.15, 0.2) is 0 Å². The van der Waals surface area contributed by atoms with Gasteiger partial charge in [-0.05, 0) is 12.8 Å². The summed E-state index contributed by atoms with van der Waals surface area (Å²) in [6, 6.07) is 0. The Hall–Kier alpha value is -1.79. The van der Waals surface area contributed by atoms with Gasteiger partial charge in [-0.25, -0.2) is 4.79 Å². The third kappa shape index (κ3) is 10.3. The van der Waals surface area contributed by atoms with Crippen LogP contribution in [0.25, 0.3) is 0 Å². The van der Waals surface area contributed by atoms with Crippen LogP contribution in [0.4, 0.5) is 4.79 Å². The molecule has 0 aromatic rings. The van der Waals surface area contributed by atoms with E-state index in [1.807, 2.05) is 0 Å². The lowest BCUT2D eigenvalue weighted by atomic mass is 10.4. The Morgan fingerprint density at radius 2 is 1.25 bits per heavy atom. The van der Waals surface area contributed by atoms with Crippen LogP contribution < -0.4 is 0 Å². The minimum absolute atomic E-state index is 0.0463. The Morgan fingerprint density at radius 3 is 1.31 bits per heavy atom. The summed E-state index contributed by atoms with van der Waals surface area (Å²) < 4.78 is 9.03. The summed E-state index contributed by atoms with van der Waals surface area (Å²) in [6.07, 6.45) is 1.25. The zero-order chi connectivity index (χ0) is 12.4. The SMILES string of the molecule is O=C(O)O.O=C1CCCO1.O=C1CCCO1. The summed E-state index contributed by atoms with van der Waals surface area (Å²) in [5.74, 6) is -0.0926. The zero-order valence-corrected chi connectivity index (χ0v) is 8.68. The van der Waals surface area contributed by atoms with E-state index in [1.54, 1.807) is 0 Å². The minimum Gasteiger partial charge on any atom is -0.466 e. The van der Waals surface area contributed by atoms with Crippen molar-refractivity contribution >= 4 is 18.1 Å². The fourth-order valence-electron chi connectivity index (χ4n) is 0.949. The van der Waals surface area contributed by atoms with Crippen LogP contribution >= 0.6 is 0 Å². The van der Waals surface area contributed by atoms with Crippen LogP contribution in [0.1, 0.15) is 25.7 Å².